The number of piperidine rings is 1. The molecule has 5 rings (SSSR count). The van der Waals surface area contributed by atoms with Gasteiger partial charge in [-0.2, -0.15) is 13.2 Å². The zero-order chi connectivity index (χ0) is 30.3. The maximum absolute atomic E-state index is 13.7. The number of hydrogen-bond acceptors (Lipinski definition) is 6. The van der Waals surface area contributed by atoms with Crippen LogP contribution in [0.25, 0.3) is 0 Å². The molecule has 8 nitrogen and oxygen atoms in total. The second-order valence-corrected chi connectivity index (χ2v) is 12.3. The number of nitrogens with one attached hydrogen (secondary N) is 2. The summed E-state index contributed by atoms with van der Waals surface area (Å²) >= 11 is 0. The van der Waals surface area contributed by atoms with E-state index in [1.165, 1.54) is 26.0 Å². The highest BCUT2D eigenvalue weighted by Crippen LogP contribution is 2.40. The third-order valence-electron chi connectivity index (χ3n) is 8.85. The van der Waals surface area contributed by atoms with Crippen LogP contribution >= 0.6 is 0 Å². The van der Waals surface area contributed by atoms with Crippen molar-refractivity contribution in [2.75, 3.05) is 16.8 Å². The Morgan fingerprint density at radius 3 is 2.40 bits per heavy atom. The van der Waals surface area contributed by atoms with Gasteiger partial charge in [-0.15, -0.1) is 0 Å². The molecular weight excluding hydrogens is 547 g/mol. The van der Waals surface area contributed by atoms with Gasteiger partial charge in [0, 0.05) is 47.6 Å². The number of amides is 2. The van der Waals surface area contributed by atoms with Crippen LogP contribution in [-0.4, -0.2) is 53.4 Å². The Hall–Kier alpha value is -3.63. The van der Waals surface area contributed by atoms with E-state index in [1.54, 1.807) is 13.1 Å². The number of aromatic nitrogens is 1. The number of anilines is 2. The Labute approximate surface area is 243 Å². The van der Waals surface area contributed by atoms with Crippen molar-refractivity contribution in [2.45, 2.75) is 83.6 Å². The van der Waals surface area contributed by atoms with E-state index >= 15 is 0 Å². The monoisotopic (exact) mass is 585 g/mol. The normalized spacial score (nSPS) is 22.9. The Bertz CT molecular complexity index is 1360. The summed E-state index contributed by atoms with van der Waals surface area (Å²) in [7, 11) is 0. The third kappa shape index (κ3) is 6.24. The number of Topliss-reactive ketones (excluding diaryl/α,β-unsaturated/α-hetero) is 1. The molecule has 1 aliphatic heterocycles. The molecule has 1 saturated heterocycles. The van der Waals surface area contributed by atoms with E-state index in [9.17, 15) is 27.6 Å². The molecular formula is C31H38F3N5O3. The molecule has 42 heavy (non-hydrogen) atoms. The third-order valence-corrected chi connectivity index (χ3v) is 8.85. The molecule has 3 fully saturated rings. The summed E-state index contributed by atoms with van der Waals surface area (Å²) in [5.41, 5.74) is 6.55. The van der Waals surface area contributed by atoms with Crippen molar-refractivity contribution in [1.82, 2.24) is 10.3 Å². The standard InChI is InChI=1S/C31H38F3N5O3/c1-16(2)28(31(32,33)34)38-24-14-22(17(3)11-23(24)29(35)41)30(42)37-21-12-19-5-4-10-39(25(19)13-21)26-9-8-20(15-36-26)27(40)18-6-7-18/h8-9,11,14-16,18-19,21,25,28,38H,4-7,10,12-13H2,1-3H3,(H2,35,41)(H,37,42). The van der Waals surface area contributed by atoms with Crippen molar-refractivity contribution < 1.29 is 27.6 Å². The number of ketones is 1. The Morgan fingerprint density at radius 2 is 1.81 bits per heavy atom. The topological polar surface area (TPSA) is 117 Å². The van der Waals surface area contributed by atoms with Crippen LogP contribution in [0.15, 0.2) is 30.5 Å². The maximum Gasteiger partial charge on any atom is 0.408 e. The fourth-order valence-electron chi connectivity index (χ4n) is 6.50. The van der Waals surface area contributed by atoms with E-state index < -0.39 is 30.0 Å². The van der Waals surface area contributed by atoms with Gasteiger partial charge in [-0.3, -0.25) is 14.4 Å². The molecule has 2 aliphatic carbocycles. The molecule has 2 aromatic rings. The number of nitrogens with two attached hydrogens (primary N) is 1. The van der Waals surface area contributed by atoms with Gasteiger partial charge >= 0.3 is 6.18 Å². The minimum atomic E-state index is -4.57. The number of hydrogen-bond donors (Lipinski definition) is 3. The van der Waals surface area contributed by atoms with Crippen molar-refractivity contribution in [1.29, 1.82) is 0 Å². The van der Waals surface area contributed by atoms with E-state index in [1.807, 2.05) is 12.1 Å². The van der Waals surface area contributed by atoms with E-state index in [4.69, 9.17) is 5.73 Å². The number of pyridine rings is 1. The molecule has 4 atom stereocenters. The van der Waals surface area contributed by atoms with E-state index in [0.717, 1.165) is 44.5 Å². The molecule has 226 valence electrons. The van der Waals surface area contributed by atoms with Crippen molar-refractivity contribution in [3.8, 4) is 0 Å². The minimum absolute atomic E-state index is 0.0983. The molecule has 2 heterocycles. The average Bonchev–Trinajstić information content (AvgIpc) is 3.70. The van der Waals surface area contributed by atoms with Gasteiger partial charge in [0.25, 0.3) is 11.8 Å². The fourth-order valence-corrected chi connectivity index (χ4v) is 6.50. The van der Waals surface area contributed by atoms with Gasteiger partial charge in [0.2, 0.25) is 0 Å². The van der Waals surface area contributed by atoms with Crippen LogP contribution in [0.5, 0.6) is 0 Å². The van der Waals surface area contributed by atoms with Crippen LogP contribution in [0, 0.1) is 24.7 Å². The smallest absolute Gasteiger partial charge is 0.373 e. The second-order valence-electron chi connectivity index (χ2n) is 12.3. The van der Waals surface area contributed by atoms with Crippen molar-refractivity contribution >= 4 is 29.1 Å². The lowest BCUT2D eigenvalue weighted by atomic mass is 9.92. The Kier molecular flexibility index (Phi) is 8.22. The van der Waals surface area contributed by atoms with Crippen LogP contribution in [0.3, 0.4) is 0 Å². The van der Waals surface area contributed by atoms with Crippen LogP contribution in [0.4, 0.5) is 24.7 Å². The Morgan fingerprint density at radius 1 is 1.07 bits per heavy atom. The first-order chi connectivity index (χ1) is 19.8. The van der Waals surface area contributed by atoms with E-state index in [2.05, 4.69) is 20.5 Å². The number of primary amides is 1. The molecule has 1 aromatic heterocycles. The zero-order valence-corrected chi connectivity index (χ0v) is 24.1. The number of carbonyl (C=O) groups is 3. The highest BCUT2D eigenvalue weighted by atomic mass is 19.4. The molecule has 0 radical (unpaired) electrons. The second kappa shape index (κ2) is 11.6. The van der Waals surface area contributed by atoms with E-state index in [-0.39, 0.29) is 40.6 Å². The lowest BCUT2D eigenvalue weighted by Crippen LogP contribution is -2.43. The molecule has 11 heteroatoms. The van der Waals surface area contributed by atoms with Gasteiger partial charge in [-0.25, -0.2) is 4.98 Å². The SMILES string of the molecule is Cc1cc(C(N)=O)c(NC(C(C)C)C(F)(F)F)cc1C(=O)NC1CC2CCCN(c3ccc(C(=O)C4CC4)cn3)C2C1. The Balaban J connectivity index is 1.31. The predicted octanol–water partition coefficient (Wildman–Crippen LogP) is 5.26. The highest BCUT2D eigenvalue weighted by molar-refractivity contribution is 6.03. The van der Waals surface area contributed by atoms with Gasteiger partial charge in [0.1, 0.15) is 11.9 Å². The first kappa shape index (κ1) is 29.8. The summed E-state index contributed by atoms with van der Waals surface area (Å²) in [5, 5.41) is 5.52. The number of carbonyl (C=O) groups excluding carboxylic acids is 3. The fraction of sp³-hybridized carbons (Fsp3) is 0.548. The van der Waals surface area contributed by atoms with Crippen LogP contribution < -0.4 is 21.3 Å². The molecule has 3 aliphatic rings. The number of benzene rings is 1. The number of nitrogens with zero attached hydrogens (tertiary/aromatic N) is 2. The minimum Gasteiger partial charge on any atom is -0.373 e. The summed E-state index contributed by atoms with van der Waals surface area (Å²) in [6, 6.07) is 4.56. The highest BCUT2D eigenvalue weighted by Gasteiger charge is 2.43. The number of aryl methyl sites for hydroxylation is 1. The van der Waals surface area contributed by atoms with Gasteiger partial charge in [0.05, 0.1) is 5.56 Å². The van der Waals surface area contributed by atoms with Crippen molar-refractivity contribution in [3.05, 3.63) is 52.7 Å². The number of alkyl halides is 3. The van der Waals surface area contributed by atoms with Crippen LogP contribution in [0.2, 0.25) is 0 Å². The summed E-state index contributed by atoms with van der Waals surface area (Å²) in [4.78, 5) is 44.8. The lowest BCUT2D eigenvalue weighted by molar-refractivity contribution is -0.150. The van der Waals surface area contributed by atoms with Gasteiger partial charge < -0.3 is 21.3 Å². The summed E-state index contributed by atoms with van der Waals surface area (Å²) in [6.45, 7) is 5.33. The first-order valence-electron chi connectivity index (χ1n) is 14.7. The predicted molar refractivity (Wildman–Crippen MR) is 154 cm³/mol. The molecule has 4 N–H and O–H groups in total. The molecule has 4 unspecified atom stereocenters. The zero-order valence-electron chi connectivity index (χ0n) is 24.1. The van der Waals surface area contributed by atoms with Gasteiger partial charge in [-0.1, -0.05) is 13.8 Å². The van der Waals surface area contributed by atoms with Gasteiger partial charge in [0.15, 0.2) is 5.78 Å². The average molecular weight is 586 g/mol. The van der Waals surface area contributed by atoms with Crippen molar-refractivity contribution in [2.24, 2.45) is 23.5 Å². The van der Waals surface area contributed by atoms with Crippen LogP contribution in [0.1, 0.15) is 89.0 Å². The van der Waals surface area contributed by atoms with Gasteiger partial charge in [-0.05, 0) is 87.1 Å². The largest absolute Gasteiger partial charge is 0.408 e. The first-order valence-corrected chi connectivity index (χ1v) is 14.7. The summed E-state index contributed by atoms with van der Waals surface area (Å²) < 4.78 is 41.1. The molecule has 2 amide bonds. The lowest BCUT2D eigenvalue weighted by Gasteiger charge is -2.38. The number of halogens is 3. The number of rotatable bonds is 9. The van der Waals surface area contributed by atoms with E-state index in [0.29, 0.717) is 23.5 Å². The van der Waals surface area contributed by atoms with Crippen molar-refractivity contribution in [3.63, 3.8) is 0 Å². The maximum atomic E-state index is 13.7. The molecule has 0 bridgehead atoms. The quantitative estimate of drug-likeness (QED) is 0.346. The molecule has 1 aromatic carbocycles. The summed E-state index contributed by atoms with van der Waals surface area (Å²) in [6.07, 6.45) is 2.49. The number of fused-ring (bicyclic) bond motifs is 1. The van der Waals surface area contributed by atoms with Crippen LogP contribution in [-0.2, 0) is 0 Å². The summed E-state index contributed by atoms with van der Waals surface area (Å²) in [5.74, 6) is -0.634. The molecule has 2 saturated carbocycles. The molecule has 0 spiro atoms.